The van der Waals surface area contributed by atoms with Crippen molar-refractivity contribution in [2.75, 3.05) is 18.0 Å². The van der Waals surface area contributed by atoms with Gasteiger partial charge >= 0.3 is 0 Å². The molecule has 4 nitrogen and oxygen atoms in total. The quantitative estimate of drug-likeness (QED) is 0.765. The van der Waals surface area contributed by atoms with Crippen LogP contribution in [0.5, 0.6) is 0 Å². The van der Waals surface area contributed by atoms with Crippen molar-refractivity contribution in [2.45, 2.75) is 19.8 Å². The Labute approximate surface area is 103 Å². The number of thiazole rings is 1. The molecule has 2 aromatic heterocycles. The van der Waals surface area contributed by atoms with Crippen LogP contribution in [0.15, 0.2) is 12.1 Å². The van der Waals surface area contributed by atoms with Gasteiger partial charge in [-0.15, -0.1) is 0 Å². The number of Topliss-reactive ketones (excluding diaryl/α,β-unsaturated/α-hetero) is 1. The Morgan fingerprint density at radius 2 is 2.06 bits per heavy atom. The summed E-state index contributed by atoms with van der Waals surface area (Å²) in [4.78, 5) is 23.3. The standard InChI is InChI=1S/C12H13N3OS/c1-8(16)11-13-9-4-5-10(14-12(9)17-11)15-6-2-3-7-15/h4-5H,2-3,6-7H2,1H3. The molecule has 88 valence electrons. The fraction of sp³-hybridized carbons (Fsp3) is 0.417. The van der Waals surface area contributed by atoms with Gasteiger partial charge < -0.3 is 4.90 Å². The topological polar surface area (TPSA) is 46.1 Å². The number of carbonyl (C=O) groups excluding carboxylic acids is 1. The van der Waals surface area contributed by atoms with Gasteiger partial charge in [0.2, 0.25) is 0 Å². The summed E-state index contributed by atoms with van der Waals surface area (Å²) >= 11 is 1.38. The molecule has 0 aliphatic carbocycles. The van der Waals surface area contributed by atoms with Crippen molar-refractivity contribution in [2.24, 2.45) is 0 Å². The molecule has 0 unspecified atom stereocenters. The molecule has 5 heteroatoms. The highest BCUT2D eigenvalue weighted by Crippen LogP contribution is 2.25. The molecule has 0 N–H and O–H groups in total. The van der Waals surface area contributed by atoms with Crippen molar-refractivity contribution in [1.82, 2.24) is 9.97 Å². The van der Waals surface area contributed by atoms with Gasteiger partial charge in [-0.05, 0) is 25.0 Å². The second-order valence-electron chi connectivity index (χ2n) is 4.26. The summed E-state index contributed by atoms with van der Waals surface area (Å²) in [7, 11) is 0. The smallest absolute Gasteiger partial charge is 0.188 e. The molecule has 0 bridgehead atoms. The first kappa shape index (κ1) is 10.7. The Hall–Kier alpha value is -1.49. The van der Waals surface area contributed by atoms with Crippen LogP contribution in [-0.4, -0.2) is 28.8 Å². The van der Waals surface area contributed by atoms with Crippen LogP contribution < -0.4 is 4.90 Å². The highest BCUT2D eigenvalue weighted by Gasteiger charge is 2.15. The maximum absolute atomic E-state index is 11.3. The minimum Gasteiger partial charge on any atom is -0.357 e. The predicted octanol–water partition coefficient (Wildman–Crippen LogP) is 2.49. The Kier molecular flexibility index (Phi) is 2.55. The lowest BCUT2D eigenvalue weighted by Crippen LogP contribution is -2.18. The molecule has 0 amide bonds. The summed E-state index contributed by atoms with van der Waals surface area (Å²) in [5.74, 6) is 1.02. The van der Waals surface area contributed by atoms with Crippen LogP contribution in [-0.2, 0) is 0 Å². The zero-order chi connectivity index (χ0) is 11.8. The van der Waals surface area contributed by atoms with Crippen LogP contribution in [0.1, 0.15) is 29.6 Å². The zero-order valence-electron chi connectivity index (χ0n) is 9.64. The van der Waals surface area contributed by atoms with Crippen LogP contribution >= 0.6 is 11.3 Å². The molecule has 1 fully saturated rings. The Bertz CT molecular complexity index is 572. The molecule has 2 aromatic rings. The summed E-state index contributed by atoms with van der Waals surface area (Å²) in [6.07, 6.45) is 2.47. The van der Waals surface area contributed by atoms with E-state index in [1.54, 1.807) is 6.92 Å². The summed E-state index contributed by atoms with van der Waals surface area (Å²) in [5, 5.41) is 0.547. The van der Waals surface area contributed by atoms with E-state index < -0.39 is 0 Å². The van der Waals surface area contributed by atoms with Crippen LogP contribution in [0.25, 0.3) is 10.3 Å². The third kappa shape index (κ3) is 1.91. The number of fused-ring (bicyclic) bond motifs is 1. The molecule has 1 aliphatic rings. The lowest BCUT2D eigenvalue weighted by Gasteiger charge is -2.15. The molecule has 0 aromatic carbocycles. The summed E-state index contributed by atoms with van der Waals surface area (Å²) in [6, 6.07) is 3.95. The molecule has 0 radical (unpaired) electrons. The van der Waals surface area contributed by atoms with Crippen LogP contribution in [0, 0.1) is 0 Å². The van der Waals surface area contributed by atoms with Gasteiger partial charge in [0, 0.05) is 20.0 Å². The Morgan fingerprint density at radius 3 is 2.76 bits per heavy atom. The number of pyridine rings is 1. The van der Waals surface area contributed by atoms with E-state index in [1.807, 2.05) is 12.1 Å². The lowest BCUT2D eigenvalue weighted by molar-refractivity contribution is 0.101. The second kappa shape index (κ2) is 4.07. The fourth-order valence-electron chi connectivity index (χ4n) is 2.08. The van der Waals surface area contributed by atoms with E-state index in [2.05, 4.69) is 14.9 Å². The minimum absolute atomic E-state index is 0.00993. The van der Waals surface area contributed by atoms with Gasteiger partial charge in [0.25, 0.3) is 0 Å². The molecule has 1 aliphatic heterocycles. The van der Waals surface area contributed by atoms with Crippen LogP contribution in [0.2, 0.25) is 0 Å². The van der Waals surface area contributed by atoms with Gasteiger partial charge in [-0.3, -0.25) is 4.79 Å². The lowest BCUT2D eigenvalue weighted by atomic mass is 10.4. The maximum Gasteiger partial charge on any atom is 0.188 e. The highest BCUT2D eigenvalue weighted by atomic mass is 32.1. The summed E-state index contributed by atoms with van der Waals surface area (Å²) in [5.41, 5.74) is 0.822. The Morgan fingerprint density at radius 1 is 1.29 bits per heavy atom. The third-order valence-corrected chi connectivity index (χ3v) is 4.04. The minimum atomic E-state index is 0.00993. The van der Waals surface area contributed by atoms with E-state index >= 15 is 0 Å². The summed E-state index contributed by atoms with van der Waals surface area (Å²) < 4.78 is 0. The first-order valence-corrected chi connectivity index (χ1v) is 6.59. The van der Waals surface area contributed by atoms with Crippen molar-refractivity contribution >= 4 is 33.3 Å². The number of anilines is 1. The fourth-order valence-corrected chi connectivity index (χ4v) is 2.91. The summed E-state index contributed by atoms with van der Waals surface area (Å²) in [6.45, 7) is 3.70. The molecule has 0 saturated carbocycles. The normalized spacial score (nSPS) is 15.7. The van der Waals surface area contributed by atoms with Gasteiger partial charge in [0.05, 0.1) is 0 Å². The first-order valence-electron chi connectivity index (χ1n) is 5.77. The largest absolute Gasteiger partial charge is 0.357 e. The zero-order valence-corrected chi connectivity index (χ0v) is 10.5. The van der Waals surface area contributed by atoms with Crippen molar-refractivity contribution < 1.29 is 4.79 Å². The van der Waals surface area contributed by atoms with E-state index in [0.717, 1.165) is 29.3 Å². The van der Waals surface area contributed by atoms with E-state index in [4.69, 9.17) is 0 Å². The second-order valence-corrected chi connectivity index (χ2v) is 5.24. The van der Waals surface area contributed by atoms with Crippen LogP contribution in [0.3, 0.4) is 0 Å². The molecular formula is C12H13N3OS. The molecular weight excluding hydrogens is 234 g/mol. The van der Waals surface area contributed by atoms with Crippen molar-refractivity contribution in [3.8, 4) is 0 Å². The molecule has 3 heterocycles. The number of aromatic nitrogens is 2. The predicted molar refractivity (Wildman–Crippen MR) is 68.9 cm³/mol. The van der Waals surface area contributed by atoms with Crippen molar-refractivity contribution in [1.29, 1.82) is 0 Å². The highest BCUT2D eigenvalue weighted by molar-refractivity contribution is 7.19. The monoisotopic (exact) mass is 247 g/mol. The maximum atomic E-state index is 11.3. The van der Waals surface area contributed by atoms with E-state index in [-0.39, 0.29) is 5.78 Å². The van der Waals surface area contributed by atoms with Gasteiger partial charge in [0.1, 0.15) is 16.2 Å². The molecule has 1 saturated heterocycles. The number of hydrogen-bond acceptors (Lipinski definition) is 5. The number of hydrogen-bond donors (Lipinski definition) is 0. The van der Waals surface area contributed by atoms with Gasteiger partial charge in [0.15, 0.2) is 10.8 Å². The number of ketones is 1. The van der Waals surface area contributed by atoms with Crippen LogP contribution in [0.4, 0.5) is 5.82 Å². The first-order chi connectivity index (χ1) is 8.24. The van der Waals surface area contributed by atoms with Crippen molar-refractivity contribution in [3.63, 3.8) is 0 Å². The van der Waals surface area contributed by atoms with Gasteiger partial charge in [-0.1, -0.05) is 11.3 Å². The third-order valence-electron chi connectivity index (χ3n) is 2.97. The average Bonchev–Trinajstić information content (AvgIpc) is 2.97. The molecule has 3 rings (SSSR count). The Balaban J connectivity index is 2.02. The van der Waals surface area contributed by atoms with Gasteiger partial charge in [-0.2, -0.15) is 0 Å². The van der Waals surface area contributed by atoms with E-state index in [1.165, 1.54) is 24.2 Å². The SMILES string of the molecule is CC(=O)c1nc2ccc(N3CCCC3)nc2s1. The number of nitrogens with zero attached hydrogens (tertiary/aromatic N) is 3. The van der Waals surface area contributed by atoms with Gasteiger partial charge in [-0.25, -0.2) is 9.97 Å². The van der Waals surface area contributed by atoms with E-state index in [9.17, 15) is 4.79 Å². The average molecular weight is 247 g/mol. The molecule has 0 atom stereocenters. The number of rotatable bonds is 2. The van der Waals surface area contributed by atoms with E-state index in [0.29, 0.717) is 5.01 Å². The molecule has 17 heavy (non-hydrogen) atoms. The number of carbonyl (C=O) groups is 1. The molecule has 0 spiro atoms. The van der Waals surface area contributed by atoms with Crippen molar-refractivity contribution in [3.05, 3.63) is 17.1 Å².